The first-order chi connectivity index (χ1) is 12.7. The number of benzene rings is 1. The molecular formula is C19H21N5O2. The zero-order valence-electron chi connectivity index (χ0n) is 14.7. The van der Waals surface area contributed by atoms with Crippen molar-refractivity contribution in [3.05, 3.63) is 36.9 Å². The largest absolute Gasteiger partial charge is 0.488 e. The quantitative estimate of drug-likeness (QED) is 0.774. The van der Waals surface area contributed by atoms with Crippen LogP contribution in [-0.4, -0.2) is 51.1 Å². The van der Waals surface area contributed by atoms with Gasteiger partial charge in [-0.3, -0.25) is 9.67 Å². The summed E-state index contributed by atoms with van der Waals surface area (Å²) in [5, 5.41) is 7.71. The Bertz CT molecular complexity index is 950. The molecule has 0 radical (unpaired) electrons. The molecule has 1 aromatic carbocycles. The van der Waals surface area contributed by atoms with Crippen molar-refractivity contribution in [2.24, 2.45) is 7.05 Å². The highest BCUT2D eigenvalue weighted by Gasteiger charge is 2.47. The SMILES string of the molecule is Cn1cc(-c2cc(OC[C@@H]3CNCC4(CC4)O3)c3nccnc3c2)cn1. The zero-order valence-corrected chi connectivity index (χ0v) is 14.7. The van der Waals surface area contributed by atoms with E-state index < -0.39 is 0 Å². The molecule has 2 fully saturated rings. The molecule has 1 aliphatic heterocycles. The Balaban J connectivity index is 1.43. The van der Waals surface area contributed by atoms with Crippen LogP contribution in [0.3, 0.4) is 0 Å². The lowest BCUT2D eigenvalue weighted by atomic mass is 10.1. The van der Waals surface area contributed by atoms with Crippen molar-refractivity contribution in [3.63, 3.8) is 0 Å². The van der Waals surface area contributed by atoms with Gasteiger partial charge in [0, 0.05) is 44.3 Å². The van der Waals surface area contributed by atoms with Crippen LogP contribution in [0.1, 0.15) is 12.8 Å². The van der Waals surface area contributed by atoms with E-state index in [-0.39, 0.29) is 11.7 Å². The van der Waals surface area contributed by atoms with E-state index >= 15 is 0 Å². The van der Waals surface area contributed by atoms with Crippen LogP contribution in [-0.2, 0) is 11.8 Å². The van der Waals surface area contributed by atoms with Crippen LogP contribution in [0, 0.1) is 0 Å². The van der Waals surface area contributed by atoms with Gasteiger partial charge in [0.2, 0.25) is 0 Å². The van der Waals surface area contributed by atoms with Crippen LogP contribution >= 0.6 is 0 Å². The van der Waals surface area contributed by atoms with Crippen LogP contribution < -0.4 is 10.1 Å². The minimum Gasteiger partial charge on any atom is -0.488 e. The molecule has 1 spiro atoms. The van der Waals surface area contributed by atoms with Crippen LogP contribution in [0.5, 0.6) is 5.75 Å². The van der Waals surface area contributed by atoms with Crippen LogP contribution in [0.25, 0.3) is 22.2 Å². The third-order valence-electron chi connectivity index (χ3n) is 5.05. The molecule has 7 heteroatoms. The Hall–Kier alpha value is -2.51. The Morgan fingerprint density at radius 1 is 1.27 bits per heavy atom. The second-order valence-corrected chi connectivity index (χ2v) is 7.17. The first-order valence-electron chi connectivity index (χ1n) is 8.96. The highest BCUT2D eigenvalue weighted by molar-refractivity contribution is 5.86. The summed E-state index contributed by atoms with van der Waals surface area (Å²) in [6, 6.07) is 4.03. The van der Waals surface area contributed by atoms with E-state index in [1.165, 1.54) is 0 Å². The number of rotatable bonds is 4. The third kappa shape index (κ3) is 2.93. The Labute approximate surface area is 151 Å². The van der Waals surface area contributed by atoms with Crippen molar-refractivity contribution in [1.82, 2.24) is 25.1 Å². The maximum atomic E-state index is 6.20. The number of aryl methyl sites for hydroxylation is 1. The molecule has 3 aromatic rings. The van der Waals surface area contributed by atoms with Crippen LogP contribution in [0.4, 0.5) is 0 Å². The highest BCUT2D eigenvalue weighted by atomic mass is 16.6. The van der Waals surface area contributed by atoms with E-state index in [2.05, 4.69) is 20.4 Å². The topological polar surface area (TPSA) is 74.1 Å². The van der Waals surface area contributed by atoms with Crippen molar-refractivity contribution in [1.29, 1.82) is 0 Å². The third-order valence-corrected chi connectivity index (χ3v) is 5.05. The van der Waals surface area contributed by atoms with E-state index in [1.807, 2.05) is 31.6 Å². The molecule has 3 heterocycles. The summed E-state index contributed by atoms with van der Waals surface area (Å²) in [5.41, 5.74) is 3.68. The van der Waals surface area contributed by atoms with Gasteiger partial charge >= 0.3 is 0 Å². The lowest BCUT2D eigenvalue weighted by molar-refractivity contribution is -0.0711. The van der Waals surface area contributed by atoms with E-state index in [0.29, 0.717) is 6.61 Å². The Morgan fingerprint density at radius 3 is 2.96 bits per heavy atom. The second kappa shape index (κ2) is 6.03. The fourth-order valence-electron chi connectivity index (χ4n) is 3.50. The summed E-state index contributed by atoms with van der Waals surface area (Å²) in [7, 11) is 1.91. The van der Waals surface area contributed by atoms with Crippen LogP contribution in [0.15, 0.2) is 36.9 Å². The maximum Gasteiger partial charge on any atom is 0.147 e. The monoisotopic (exact) mass is 351 g/mol. The summed E-state index contributed by atoms with van der Waals surface area (Å²) in [5.74, 6) is 0.730. The number of hydrogen-bond acceptors (Lipinski definition) is 6. The van der Waals surface area contributed by atoms with Gasteiger partial charge in [-0.15, -0.1) is 0 Å². The van der Waals surface area contributed by atoms with Gasteiger partial charge in [-0.05, 0) is 30.5 Å². The second-order valence-electron chi connectivity index (χ2n) is 7.17. The summed E-state index contributed by atoms with van der Waals surface area (Å²) in [6.07, 6.45) is 9.54. The Kier molecular flexibility index (Phi) is 3.65. The lowest BCUT2D eigenvalue weighted by Gasteiger charge is -2.31. The maximum absolute atomic E-state index is 6.20. The molecule has 2 aliphatic rings. The predicted octanol–water partition coefficient (Wildman–Crippen LogP) is 1.93. The average molecular weight is 351 g/mol. The highest BCUT2D eigenvalue weighted by Crippen LogP contribution is 2.41. The van der Waals surface area contributed by atoms with Crippen molar-refractivity contribution in [2.45, 2.75) is 24.5 Å². The van der Waals surface area contributed by atoms with Gasteiger partial charge in [-0.25, -0.2) is 4.98 Å². The van der Waals surface area contributed by atoms with Gasteiger partial charge in [0.05, 0.1) is 17.3 Å². The number of ether oxygens (including phenoxy) is 2. The lowest BCUT2D eigenvalue weighted by Crippen LogP contribution is -2.48. The number of hydrogen-bond donors (Lipinski definition) is 1. The normalized spacial score (nSPS) is 21.2. The minimum atomic E-state index is 0.0556. The van der Waals surface area contributed by atoms with E-state index in [1.54, 1.807) is 17.1 Å². The number of nitrogens with zero attached hydrogens (tertiary/aromatic N) is 4. The Morgan fingerprint density at radius 2 is 2.15 bits per heavy atom. The van der Waals surface area contributed by atoms with Gasteiger partial charge in [-0.1, -0.05) is 0 Å². The first kappa shape index (κ1) is 15.7. The molecular weight excluding hydrogens is 330 g/mol. The molecule has 1 N–H and O–H groups in total. The molecule has 5 rings (SSSR count). The predicted molar refractivity (Wildman–Crippen MR) is 96.9 cm³/mol. The van der Waals surface area contributed by atoms with Gasteiger partial charge in [0.1, 0.15) is 24.0 Å². The molecule has 134 valence electrons. The molecule has 0 amide bonds. The smallest absolute Gasteiger partial charge is 0.147 e. The number of nitrogens with one attached hydrogen (secondary N) is 1. The van der Waals surface area contributed by atoms with Crippen molar-refractivity contribution >= 4 is 11.0 Å². The molecule has 7 nitrogen and oxygen atoms in total. The van der Waals surface area contributed by atoms with Crippen molar-refractivity contribution in [3.8, 4) is 16.9 Å². The molecule has 1 saturated carbocycles. The number of morpholine rings is 1. The molecule has 2 aromatic heterocycles. The fraction of sp³-hybridized carbons (Fsp3) is 0.421. The van der Waals surface area contributed by atoms with E-state index in [0.717, 1.165) is 53.8 Å². The van der Waals surface area contributed by atoms with Gasteiger partial charge in [-0.2, -0.15) is 5.10 Å². The van der Waals surface area contributed by atoms with Gasteiger partial charge in [0.25, 0.3) is 0 Å². The number of aromatic nitrogens is 4. The summed E-state index contributed by atoms with van der Waals surface area (Å²) >= 11 is 0. The van der Waals surface area contributed by atoms with E-state index in [4.69, 9.17) is 9.47 Å². The summed E-state index contributed by atoms with van der Waals surface area (Å²) in [4.78, 5) is 8.91. The summed E-state index contributed by atoms with van der Waals surface area (Å²) < 4.78 is 14.1. The minimum absolute atomic E-state index is 0.0556. The number of fused-ring (bicyclic) bond motifs is 1. The zero-order chi connectivity index (χ0) is 17.6. The van der Waals surface area contributed by atoms with E-state index in [9.17, 15) is 0 Å². The van der Waals surface area contributed by atoms with Gasteiger partial charge < -0.3 is 14.8 Å². The molecule has 26 heavy (non-hydrogen) atoms. The van der Waals surface area contributed by atoms with Crippen molar-refractivity contribution < 1.29 is 9.47 Å². The fourth-order valence-corrected chi connectivity index (χ4v) is 3.50. The van der Waals surface area contributed by atoms with Crippen LogP contribution in [0.2, 0.25) is 0 Å². The van der Waals surface area contributed by atoms with Crippen molar-refractivity contribution in [2.75, 3.05) is 19.7 Å². The molecule has 0 unspecified atom stereocenters. The molecule has 0 bridgehead atoms. The molecule has 1 aliphatic carbocycles. The first-order valence-corrected chi connectivity index (χ1v) is 8.96. The summed E-state index contributed by atoms with van der Waals surface area (Å²) in [6.45, 7) is 2.26. The average Bonchev–Trinajstić information content (AvgIpc) is 3.25. The molecule has 1 saturated heterocycles. The van der Waals surface area contributed by atoms with Gasteiger partial charge in [0.15, 0.2) is 0 Å². The molecule has 1 atom stereocenters. The standard InChI is InChI=1S/C19H21N5O2/c1-24-10-14(8-23-24)13-6-16-18(22-5-4-21-16)17(7-13)25-11-15-9-20-12-19(26-15)2-3-19/h4-8,10,15,20H,2-3,9,11-12H2,1H3/t15-/m0/s1.